The molecule has 1 atom stereocenters. The van der Waals surface area contributed by atoms with Gasteiger partial charge in [-0.15, -0.1) is 0 Å². The van der Waals surface area contributed by atoms with Crippen LogP contribution >= 0.6 is 0 Å². The Morgan fingerprint density at radius 1 is 1.50 bits per heavy atom. The number of hydrogen-bond donors (Lipinski definition) is 1. The first kappa shape index (κ1) is 13.3. The highest BCUT2D eigenvalue weighted by Gasteiger charge is 2.19. The second kappa shape index (κ2) is 5.67. The van der Waals surface area contributed by atoms with Crippen LogP contribution in [0.2, 0.25) is 0 Å². The second-order valence-corrected chi connectivity index (χ2v) is 5.20. The highest BCUT2D eigenvalue weighted by atomic mass is 16.5. The van der Waals surface area contributed by atoms with Crippen molar-refractivity contribution in [3.8, 4) is 0 Å². The Kier molecular flexibility index (Phi) is 4.19. The van der Waals surface area contributed by atoms with E-state index in [-0.39, 0.29) is 12.7 Å². The Balaban J connectivity index is 2.28. The topological polar surface area (TPSA) is 45.6 Å². The van der Waals surface area contributed by atoms with Crippen LogP contribution < -0.4 is 4.90 Å². The van der Waals surface area contributed by atoms with Crippen molar-refractivity contribution < 1.29 is 9.84 Å². The fourth-order valence-corrected chi connectivity index (χ4v) is 2.17. The first-order chi connectivity index (χ1) is 8.60. The normalized spacial score (nSPS) is 20.5. The van der Waals surface area contributed by atoms with Gasteiger partial charge in [-0.25, -0.2) is 4.98 Å². The summed E-state index contributed by atoms with van der Waals surface area (Å²) in [6.07, 6.45) is 0.237. The Morgan fingerprint density at radius 2 is 2.28 bits per heavy atom. The summed E-state index contributed by atoms with van der Waals surface area (Å²) in [5.41, 5.74) is 1.97. The van der Waals surface area contributed by atoms with E-state index in [2.05, 4.69) is 25.7 Å². The van der Waals surface area contributed by atoms with Gasteiger partial charge < -0.3 is 14.7 Å². The average molecular weight is 250 g/mol. The van der Waals surface area contributed by atoms with Crippen LogP contribution in [0.4, 0.5) is 5.82 Å². The van der Waals surface area contributed by atoms with E-state index in [1.165, 1.54) is 0 Å². The largest absolute Gasteiger partial charge is 0.392 e. The molecule has 0 aliphatic carbocycles. The molecule has 1 aromatic heterocycles. The molecular weight excluding hydrogens is 228 g/mol. The number of hydrogen-bond acceptors (Lipinski definition) is 4. The van der Waals surface area contributed by atoms with Crippen LogP contribution in [0, 0.1) is 0 Å². The molecule has 1 aromatic rings. The molecular formula is C14H22N2O2. The number of aliphatic hydroxyl groups excluding tert-OH is 1. The van der Waals surface area contributed by atoms with Gasteiger partial charge in [-0.1, -0.05) is 13.8 Å². The summed E-state index contributed by atoms with van der Waals surface area (Å²) in [6, 6.07) is 3.96. The second-order valence-electron chi connectivity index (χ2n) is 5.20. The Labute approximate surface area is 109 Å². The quantitative estimate of drug-likeness (QED) is 0.890. The molecule has 1 N–H and O–H groups in total. The number of aromatic nitrogens is 1. The van der Waals surface area contributed by atoms with Crippen LogP contribution in [-0.4, -0.2) is 35.9 Å². The van der Waals surface area contributed by atoms with Crippen LogP contribution in [0.25, 0.3) is 0 Å². The zero-order chi connectivity index (χ0) is 13.1. The molecule has 0 amide bonds. The summed E-state index contributed by atoms with van der Waals surface area (Å²) in [5.74, 6) is 1.33. The highest BCUT2D eigenvalue weighted by Crippen LogP contribution is 2.22. The Bertz CT molecular complexity index is 407. The number of pyridine rings is 1. The third-order valence-electron chi connectivity index (χ3n) is 3.23. The molecule has 1 saturated heterocycles. The van der Waals surface area contributed by atoms with E-state index in [0.29, 0.717) is 5.92 Å². The molecule has 1 aliphatic rings. The molecule has 0 aromatic carbocycles. The van der Waals surface area contributed by atoms with Crippen molar-refractivity contribution in [1.29, 1.82) is 0 Å². The minimum Gasteiger partial charge on any atom is -0.392 e. The van der Waals surface area contributed by atoms with Crippen molar-refractivity contribution in [1.82, 2.24) is 4.98 Å². The van der Waals surface area contributed by atoms with Gasteiger partial charge >= 0.3 is 0 Å². The number of morpholine rings is 1. The van der Waals surface area contributed by atoms with Gasteiger partial charge in [0.15, 0.2) is 0 Å². The van der Waals surface area contributed by atoms with E-state index >= 15 is 0 Å². The summed E-state index contributed by atoms with van der Waals surface area (Å²) in [5, 5.41) is 9.35. The van der Waals surface area contributed by atoms with Crippen molar-refractivity contribution in [2.45, 2.75) is 39.4 Å². The predicted molar refractivity (Wildman–Crippen MR) is 71.9 cm³/mol. The minimum atomic E-state index is 0.0646. The van der Waals surface area contributed by atoms with E-state index in [1.807, 2.05) is 12.1 Å². The third kappa shape index (κ3) is 3.00. The highest BCUT2D eigenvalue weighted by molar-refractivity contribution is 5.43. The van der Waals surface area contributed by atoms with Crippen molar-refractivity contribution in [2.75, 3.05) is 24.6 Å². The maximum absolute atomic E-state index is 9.35. The summed E-state index contributed by atoms with van der Waals surface area (Å²) in [4.78, 5) is 6.93. The number of rotatable bonds is 3. The molecule has 2 rings (SSSR count). The first-order valence-electron chi connectivity index (χ1n) is 6.58. The third-order valence-corrected chi connectivity index (χ3v) is 3.23. The standard InChI is InChI=1S/C14H22N2O2/c1-10(2)13-6-12(9-17)7-14(15-13)16-4-5-18-11(3)8-16/h6-7,10-11,17H,4-5,8-9H2,1-3H3. The lowest BCUT2D eigenvalue weighted by atomic mass is 10.1. The first-order valence-corrected chi connectivity index (χ1v) is 6.58. The fraction of sp³-hybridized carbons (Fsp3) is 0.643. The SMILES string of the molecule is CC1CN(c2cc(CO)cc(C(C)C)n2)CCO1. The van der Waals surface area contributed by atoms with Crippen LogP contribution in [0.5, 0.6) is 0 Å². The number of aliphatic hydroxyl groups is 1. The van der Waals surface area contributed by atoms with E-state index in [4.69, 9.17) is 9.72 Å². The molecule has 4 nitrogen and oxygen atoms in total. The molecule has 1 aliphatic heterocycles. The van der Waals surface area contributed by atoms with Gasteiger partial charge in [0.05, 0.1) is 19.3 Å². The maximum atomic E-state index is 9.35. The number of nitrogens with zero attached hydrogens (tertiary/aromatic N) is 2. The zero-order valence-electron chi connectivity index (χ0n) is 11.4. The summed E-state index contributed by atoms with van der Waals surface area (Å²) >= 11 is 0. The summed E-state index contributed by atoms with van der Waals surface area (Å²) in [6.45, 7) is 8.84. The van der Waals surface area contributed by atoms with Gasteiger partial charge in [0, 0.05) is 18.8 Å². The van der Waals surface area contributed by atoms with Gasteiger partial charge in [-0.2, -0.15) is 0 Å². The molecule has 0 saturated carbocycles. The zero-order valence-corrected chi connectivity index (χ0v) is 11.4. The van der Waals surface area contributed by atoms with Gasteiger partial charge in [0.2, 0.25) is 0 Å². The van der Waals surface area contributed by atoms with Crippen LogP contribution in [-0.2, 0) is 11.3 Å². The monoisotopic (exact) mass is 250 g/mol. The van der Waals surface area contributed by atoms with Crippen molar-refractivity contribution in [2.24, 2.45) is 0 Å². The van der Waals surface area contributed by atoms with Gasteiger partial charge in [-0.05, 0) is 30.5 Å². The van der Waals surface area contributed by atoms with Gasteiger partial charge in [-0.3, -0.25) is 0 Å². The van der Waals surface area contributed by atoms with Crippen molar-refractivity contribution >= 4 is 5.82 Å². The number of ether oxygens (including phenoxy) is 1. The number of anilines is 1. The molecule has 2 heterocycles. The van der Waals surface area contributed by atoms with Gasteiger partial charge in [0.1, 0.15) is 5.82 Å². The van der Waals surface area contributed by atoms with Gasteiger partial charge in [0.25, 0.3) is 0 Å². The molecule has 1 unspecified atom stereocenters. The maximum Gasteiger partial charge on any atom is 0.129 e. The van der Waals surface area contributed by atoms with Crippen molar-refractivity contribution in [3.05, 3.63) is 23.4 Å². The van der Waals surface area contributed by atoms with E-state index in [1.54, 1.807) is 0 Å². The molecule has 0 radical (unpaired) electrons. The Morgan fingerprint density at radius 3 is 2.89 bits per heavy atom. The smallest absolute Gasteiger partial charge is 0.129 e. The van der Waals surface area contributed by atoms with Crippen molar-refractivity contribution in [3.63, 3.8) is 0 Å². The molecule has 1 fully saturated rings. The van der Waals surface area contributed by atoms with E-state index < -0.39 is 0 Å². The molecule has 4 heteroatoms. The van der Waals surface area contributed by atoms with E-state index in [0.717, 1.165) is 36.8 Å². The fourth-order valence-electron chi connectivity index (χ4n) is 2.17. The average Bonchev–Trinajstić information content (AvgIpc) is 2.38. The molecule has 18 heavy (non-hydrogen) atoms. The minimum absolute atomic E-state index is 0.0646. The molecule has 100 valence electrons. The van der Waals surface area contributed by atoms with Crippen LogP contribution in [0.15, 0.2) is 12.1 Å². The van der Waals surface area contributed by atoms with Crippen LogP contribution in [0.1, 0.15) is 37.9 Å². The lowest BCUT2D eigenvalue weighted by Crippen LogP contribution is -2.41. The lowest BCUT2D eigenvalue weighted by molar-refractivity contribution is 0.0529. The summed E-state index contributed by atoms with van der Waals surface area (Å²) < 4.78 is 5.54. The molecule has 0 spiro atoms. The Hall–Kier alpha value is -1.13. The van der Waals surface area contributed by atoms with E-state index in [9.17, 15) is 5.11 Å². The summed E-state index contributed by atoms with van der Waals surface area (Å²) in [7, 11) is 0. The lowest BCUT2D eigenvalue weighted by Gasteiger charge is -2.32. The van der Waals surface area contributed by atoms with Crippen LogP contribution in [0.3, 0.4) is 0 Å². The molecule has 0 bridgehead atoms. The predicted octanol–water partition coefficient (Wildman–Crippen LogP) is 1.92.